The van der Waals surface area contributed by atoms with E-state index >= 15 is 0 Å². The molecule has 1 atom stereocenters. The van der Waals surface area contributed by atoms with Gasteiger partial charge in [-0.1, -0.05) is 19.1 Å². The minimum atomic E-state index is -0.865. The van der Waals surface area contributed by atoms with E-state index in [0.717, 1.165) is 5.69 Å². The van der Waals surface area contributed by atoms with Crippen LogP contribution in [0.25, 0.3) is 0 Å². The van der Waals surface area contributed by atoms with Gasteiger partial charge in [0.2, 0.25) is 0 Å². The van der Waals surface area contributed by atoms with E-state index in [9.17, 15) is 9.90 Å². The van der Waals surface area contributed by atoms with Crippen LogP contribution >= 0.6 is 0 Å². The molecule has 1 aromatic heterocycles. The number of carbonyl (C=O) groups is 1. The van der Waals surface area contributed by atoms with E-state index in [1.54, 1.807) is 6.20 Å². The average molecular weight is 210 g/mol. The molecule has 2 N–H and O–H groups in total. The zero-order chi connectivity index (χ0) is 11.1. The Hall–Kier alpha value is -1.43. The predicted molar refractivity (Wildman–Crippen MR) is 52.2 cm³/mol. The SMILES string of the molecule is CC1(C)CNCc2cnnn2[C@@H]1C(=O)O. The Labute approximate surface area is 87.3 Å². The number of hydrogen-bond donors (Lipinski definition) is 2. The number of carboxylic acids is 1. The van der Waals surface area contributed by atoms with Crippen molar-refractivity contribution in [2.75, 3.05) is 6.54 Å². The Morgan fingerprint density at radius 3 is 3.13 bits per heavy atom. The molecule has 6 heteroatoms. The fourth-order valence-electron chi connectivity index (χ4n) is 1.99. The molecule has 1 aliphatic rings. The van der Waals surface area contributed by atoms with E-state index < -0.39 is 12.0 Å². The monoisotopic (exact) mass is 210 g/mol. The Bertz CT molecular complexity index is 385. The smallest absolute Gasteiger partial charge is 0.329 e. The van der Waals surface area contributed by atoms with Crippen molar-refractivity contribution in [3.05, 3.63) is 11.9 Å². The van der Waals surface area contributed by atoms with Gasteiger partial charge >= 0.3 is 5.97 Å². The predicted octanol–water partition coefficient (Wildman–Crippen LogP) is 0.0332. The van der Waals surface area contributed by atoms with Gasteiger partial charge in [-0.15, -0.1) is 5.10 Å². The highest BCUT2D eigenvalue weighted by Gasteiger charge is 2.40. The molecule has 0 saturated carbocycles. The van der Waals surface area contributed by atoms with Crippen LogP contribution in [0.1, 0.15) is 25.6 Å². The molecule has 0 saturated heterocycles. The molecule has 15 heavy (non-hydrogen) atoms. The summed E-state index contributed by atoms with van der Waals surface area (Å²) in [7, 11) is 0. The molecule has 0 unspecified atom stereocenters. The van der Waals surface area contributed by atoms with Gasteiger partial charge in [-0.3, -0.25) is 0 Å². The van der Waals surface area contributed by atoms with Gasteiger partial charge in [0.1, 0.15) is 0 Å². The lowest BCUT2D eigenvalue weighted by Gasteiger charge is -2.29. The Balaban J connectivity index is 2.50. The molecular weight excluding hydrogens is 196 g/mol. The second-order valence-electron chi connectivity index (χ2n) is 4.50. The second kappa shape index (κ2) is 3.30. The topological polar surface area (TPSA) is 80.0 Å². The van der Waals surface area contributed by atoms with Crippen molar-refractivity contribution < 1.29 is 9.90 Å². The molecule has 1 aliphatic heterocycles. The number of aliphatic carboxylic acids is 1. The van der Waals surface area contributed by atoms with Crippen LogP contribution in [-0.4, -0.2) is 32.6 Å². The Kier molecular flexibility index (Phi) is 2.22. The van der Waals surface area contributed by atoms with Crippen molar-refractivity contribution in [3.8, 4) is 0 Å². The number of rotatable bonds is 1. The first-order chi connectivity index (χ1) is 7.02. The van der Waals surface area contributed by atoms with Gasteiger partial charge in [0, 0.05) is 18.5 Å². The zero-order valence-electron chi connectivity index (χ0n) is 8.77. The van der Waals surface area contributed by atoms with Crippen LogP contribution in [0.3, 0.4) is 0 Å². The van der Waals surface area contributed by atoms with Gasteiger partial charge in [0.15, 0.2) is 6.04 Å². The van der Waals surface area contributed by atoms with Crippen LogP contribution < -0.4 is 5.32 Å². The lowest BCUT2D eigenvalue weighted by atomic mass is 9.84. The van der Waals surface area contributed by atoms with E-state index in [-0.39, 0.29) is 5.41 Å². The number of fused-ring (bicyclic) bond motifs is 1. The molecule has 1 aromatic rings. The molecule has 0 aliphatic carbocycles. The Morgan fingerprint density at radius 2 is 2.47 bits per heavy atom. The quantitative estimate of drug-likeness (QED) is 0.683. The first kappa shape index (κ1) is 10.1. The summed E-state index contributed by atoms with van der Waals surface area (Å²) in [6.07, 6.45) is 1.60. The van der Waals surface area contributed by atoms with Gasteiger partial charge in [0.05, 0.1) is 11.9 Å². The largest absolute Gasteiger partial charge is 0.480 e. The summed E-state index contributed by atoms with van der Waals surface area (Å²) in [4.78, 5) is 11.3. The van der Waals surface area contributed by atoms with Gasteiger partial charge in [-0.05, 0) is 0 Å². The summed E-state index contributed by atoms with van der Waals surface area (Å²) in [6, 6.07) is -0.662. The fraction of sp³-hybridized carbons (Fsp3) is 0.667. The van der Waals surface area contributed by atoms with Gasteiger partial charge < -0.3 is 10.4 Å². The number of carboxylic acid groups (broad SMARTS) is 1. The summed E-state index contributed by atoms with van der Waals surface area (Å²) in [6.45, 7) is 5.08. The van der Waals surface area contributed by atoms with Crippen LogP contribution in [0.5, 0.6) is 0 Å². The van der Waals surface area contributed by atoms with Gasteiger partial charge in [-0.2, -0.15) is 0 Å². The number of nitrogens with zero attached hydrogens (tertiary/aromatic N) is 3. The molecule has 0 fully saturated rings. The molecular formula is C9H14N4O2. The first-order valence-electron chi connectivity index (χ1n) is 4.85. The molecule has 0 bridgehead atoms. The fourth-order valence-corrected chi connectivity index (χ4v) is 1.99. The number of nitrogens with one attached hydrogen (secondary N) is 1. The highest BCUT2D eigenvalue weighted by molar-refractivity contribution is 5.73. The van der Waals surface area contributed by atoms with E-state index in [2.05, 4.69) is 15.6 Å². The first-order valence-corrected chi connectivity index (χ1v) is 4.85. The molecule has 0 amide bonds. The molecule has 0 spiro atoms. The number of hydrogen-bond acceptors (Lipinski definition) is 4. The highest BCUT2D eigenvalue weighted by Crippen LogP contribution is 2.32. The highest BCUT2D eigenvalue weighted by atomic mass is 16.4. The van der Waals surface area contributed by atoms with Crippen molar-refractivity contribution in [2.45, 2.75) is 26.4 Å². The lowest BCUT2D eigenvalue weighted by molar-refractivity contribution is -0.145. The molecule has 6 nitrogen and oxygen atoms in total. The summed E-state index contributed by atoms with van der Waals surface area (Å²) in [5, 5.41) is 20.1. The maximum atomic E-state index is 11.3. The normalized spacial score (nSPS) is 24.3. The summed E-state index contributed by atoms with van der Waals surface area (Å²) in [5.74, 6) is -0.865. The minimum Gasteiger partial charge on any atom is -0.480 e. The van der Waals surface area contributed by atoms with Crippen molar-refractivity contribution in [1.82, 2.24) is 20.3 Å². The van der Waals surface area contributed by atoms with E-state index in [1.165, 1.54) is 4.68 Å². The summed E-state index contributed by atoms with van der Waals surface area (Å²) >= 11 is 0. The van der Waals surface area contributed by atoms with E-state index in [1.807, 2.05) is 13.8 Å². The molecule has 0 radical (unpaired) electrons. The van der Waals surface area contributed by atoms with Gasteiger partial charge in [0.25, 0.3) is 0 Å². The van der Waals surface area contributed by atoms with Crippen LogP contribution in [-0.2, 0) is 11.3 Å². The van der Waals surface area contributed by atoms with Crippen LogP contribution in [0.15, 0.2) is 6.20 Å². The standard InChI is InChI=1S/C9H14N4O2/c1-9(2)5-10-3-6-4-11-12-13(6)7(9)8(14)15/h4,7,10H,3,5H2,1-2H3,(H,14,15)/t7-/m1/s1. The van der Waals surface area contributed by atoms with Crippen molar-refractivity contribution in [2.24, 2.45) is 5.41 Å². The maximum Gasteiger partial charge on any atom is 0.329 e. The molecule has 0 aromatic carbocycles. The van der Waals surface area contributed by atoms with E-state index in [4.69, 9.17) is 0 Å². The van der Waals surface area contributed by atoms with Crippen LogP contribution in [0.4, 0.5) is 0 Å². The lowest BCUT2D eigenvalue weighted by Crippen LogP contribution is -2.38. The van der Waals surface area contributed by atoms with Crippen molar-refractivity contribution in [3.63, 3.8) is 0 Å². The minimum absolute atomic E-state index is 0.384. The summed E-state index contributed by atoms with van der Waals surface area (Å²) < 4.78 is 1.50. The zero-order valence-corrected chi connectivity index (χ0v) is 8.77. The average Bonchev–Trinajstić information content (AvgIpc) is 2.47. The van der Waals surface area contributed by atoms with Crippen LogP contribution in [0.2, 0.25) is 0 Å². The molecule has 82 valence electrons. The second-order valence-corrected chi connectivity index (χ2v) is 4.50. The third-order valence-electron chi connectivity index (χ3n) is 2.75. The third kappa shape index (κ3) is 1.61. The molecule has 2 rings (SSSR count). The van der Waals surface area contributed by atoms with Crippen molar-refractivity contribution >= 4 is 5.97 Å². The van der Waals surface area contributed by atoms with Crippen LogP contribution in [0, 0.1) is 5.41 Å². The molecule has 2 heterocycles. The summed E-state index contributed by atoms with van der Waals surface area (Å²) in [5.41, 5.74) is 0.429. The third-order valence-corrected chi connectivity index (χ3v) is 2.75. The Morgan fingerprint density at radius 1 is 1.73 bits per heavy atom. The van der Waals surface area contributed by atoms with E-state index in [0.29, 0.717) is 13.1 Å². The van der Waals surface area contributed by atoms with Gasteiger partial charge in [-0.25, -0.2) is 9.48 Å². The maximum absolute atomic E-state index is 11.3. The number of aromatic nitrogens is 3. The van der Waals surface area contributed by atoms with Crippen molar-refractivity contribution in [1.29, 1.82) is 0 Å².